The Hall–Kier alpha value is -2.25. The summed E-state index contributed by atoms with van der Waals surface area (Å²) in [6.07, 6.45) is 3.01. The lowest BCUT2D eigenvalue weighted by Crippen LogP contribution is -2.52. The van der Waals surface area contributed by atoms with Gasteiger partial charge in [-0.2, -0.15) is 4.98 Å². The number of benzene rings is 1. The van der Waals surface area contributed by atoms with Crippen LogP contribution in [0.2, 0.25) is 0 Å². The van der Waals surface area contributed by atoms with Crippen LogP contribution >= 0.6 is 0 Å². The first-order valence-corrected chi connectivity index (χ1v) is 10.7. The smallest absolute Gasteiger partial charge is 0.227 e. The zero-order valence-corrected chi connectivity index (χ0v) is 17.5. The van der Waals surface area contributed by atoms with E-state index in [-0.39, 0.29) is 5.91 Å². The third-order valence-electron chi connectivity index (χ3n) is 5.68. The molecule has 1 N–H and O–H groups in total. The molecule has 1 saturated heterocycles. The van der Waals surface area contributed by atoms with Gasteiger partial charge in [0.25, 0.3) is 0 Å². The van der Waals surface area contributed by atoms with Crippen LogP contribution in [0.4, 0.5) is 0 Å². The molecule has 0 saturated carbocycles. The van der Waals surface area contributed by atoms with E-state index in [1.165, 1.54) is 0 Å². The van der Waals surface area contributed by atoms with Gasteiger partial charge in [0.15, 0.2) is 0 Å². The third kappa shape index (κ3) is 6.11. The monoisotopic (exact) mass is 400 g/mol. The van der Waals surface area contributed by atoms with Crippen LogP contribution in [-0.2, 0) is 16.0 Å². The Labute approximate surface area is 172 Å². The molecular weight excluding hydrogens is 368 g/mol. The van der Waals surface area contributed by atoms with E-state index in [9.17, 15) is 4.79 Å². The molecular formula is C22H32N4O3. The van der Waals surface area contributed by atoms with Gasteiger partial charge in [0.2, 0.25) is 17.6 Å². The number of rotatable bonds is 10. The number of ether oxygens (including phenoxy) is 1. The van der Waals surface area contributed by atoms with E-state index in [2.05, 4.69) is 34.2 Å². The van der Waals surface area contributed by atoms with Crippen LogP contribution in [0, 0.1) is 5.92 Å². The first-order chi connectivity index (χ1) is 14.2. The van der Waals surface area contributed by atoms with Crippen LogP contribution in [0.25, 0.3) is 11.4 Å². The van der Waals surface area contributed by atoms with Gasteiger partial charge in [-0.15, -0.1) is 0 Å². The highest BCUT2D eigenvalue weighted by Gasteiger charge is 2.27. The molecule has 1 fully saturated rings. The Bertz CT molecular complexity index is 740. The fourth-order valence-corrected chi connectivity index (χ4v) is 3.92. The highest BCUT2D eigenvalue weighted by atomic mass is 16.5. The molecule has 1 amide bonds. The Morgan fingerprint density at radius 1 is 1.17 bits per heavy atom. The van der Waals surface area contributed by atoms with Gasteiger partial charge in [0.05, 0.1) is 13.2 Å². The quantitative estimate of drug-likeness (QED) is 0.660. The lowest BCUT2D eigenvalue weighted by Gasteiger charge is -2.38. The summed E-state index contributed by atoms with van der Waals surface area (Å²) in [4.78, 5) is 19.3. The Morgan fingerprint density at radius 3 is 2.59 bits per heavy atom. The molecule has 1 aromatic heterocycles. The molecule has 1 aliphatic rings. The number of carbonyl (C=O) groups excluding carboxylic acids is 1. The predicted molar refractivity (Wildman–Crippen MR) is 111 cm³/mol. The minimum atomic E-state index is 0.0219. The summed E-state index contributed by atoms with van der Waals surface area (Å²) in [5.41, 5.74) is 0.908. The van der Waals surface area contributed by atoms with Gasteiger partial charge in [-0.05, 0) is 5.92 Å². The minimum absolute atomic E-state index is 0.0219. The number of aromatic nitrogens is 2. The molecule has 2 heterocycles. The second-order valence-corrected chi connectivity index (χ2v) is 7.47. The molecule has 2 aromatic rings. The maximum atomic E-state index is 12.4. The number of morpholine rings is 1. The predicted octanol–water partition coefficient (Wildman–Crippen LogP) is 2.92. The first-order valence-electron chi connectivity index (χ1n) is 10.7. The van der Waals surface area contributed by atoms with Gasteiger partial charge in [0, 0.05) is 44.1 Å². The first kappa shape index (κ1) is 21.5. The summed E-state index contributed by atoms with van der Waals surface area (Å²) in [5.74, 6) is 1.64. The van der Waals surface area contributed by atoms with E-state index in [1.54, 1.807) is 0 Å². The van der Waals surface area contributed by atoms with Gasteiger partial charge in [-0.1, -0.05) is 62.2 Å². The molecule has 29 heavy (non-hydrogen) atoms. The van der Waals surface area contributed by atoms with Crippen molar-refractivity contribution in [3.8, 4) is 11.4 Å². The molecule has 1 aliphatic heterocycles. The van der Waals surface area contributed by atoms with E-state index in [0.29, 0.717) is 43.1 Å². The number of carbonyl (C=O) groups is 1. The number of hydrogen-bond acceptors (Lipinski definition) is 6. The standard InChI is InChI=1S/C22H32N4O3/c1-3-17(4-2)19(26-12-14-28-15-13-26)16-23-20(27)10-11-21-24-22(25-29-21)18-8-6-5-7-9-18/h5-9,17,19H,3-4,10-16H2,1-2H3,(H,23,27)/t19-/m0/s1. The van der Waals surface area contributed by atoms with Crippen molar-refractivity contribution < 1.29 is 14.1 Å². The number of nitrogens with zero attached hydrogens (tertiary/aromatic N) is 3. The molecule has 0 spiro atoms. The number of nitrogens with one attached hydrogen (secondary N) is 1. The number of aryl methyl sites for hydroxylation is 1. The van der Waals surface area contributed by atoms with Crippen molar-refractivity contribution in [2.24, 2.45) is 5.92 Å². The highest BCUT2D eigenvalue weighted by Crippen LogP contribution is 2.20. The number of amides is 1. The lowest BCUT2D eigenvalue weighted by atomic mass is 9.92. The second-order valence-electron chi connectivity index (χ2n) is 7.47. The van der Waals surface area contributed by atoms with E-state index in [1.807, 2.05) is 30.3 Å². The zero-order chi connectivity index (χ0) is 20.5. The van der Waals surface area contributed by atoms with Gasteiger partial charge >= 0.3 is 0 Å². The van der Waals surface area contributed by atoms with Gasteiger partial charge < -0.3 is 14.6 Å². The second kappa shape index (κ2) is 11.1. The van der Waals surface area contributed by atoms with E-state index >= 15 is 0 Å². The van der Waals surface area contributed by atoms with E-state index in [0.717, 1.165) is 44.7 Å². The topological polar surface area (TPSA) is 80.5 Å². The van der Waals surface area contributed by atoms with Gasteiger partial charge in [-0.3, -0.25) is 9.69 Å². The van der Waals surface area contributed by atoms with Crippen molar-refractivity contribution in [2.45, 2.75) is 45.6 Å². The molecule has 1 aromatic carbocycles. The molecule has 0 unspecified atom stereocenters. The molecule has 1 atom stereocenters. The molecule has 0 aliphatic carbocycles. The van der Waals surface area contributed by atoms with E-state index < -0.39 is 0 Å². The Kier molecular flexibility index (Phi) is 8.19. The maximum Gasteiger partial charge on any atom is 0.227 e. The summed E-state index contributed by atoms with van der Waals surface area (Å²) in [6.45, 7) is 8.52. The van der Waals surface area contributed by atoms with Crippen LogP contribution in [0.3, 0.4) is 0 Å². The minimum Gasteiger partial charge on any atom is -0.379 e. The Balaban J connectivity index is 1.49. The van der Waals surface area contributed by atoms with Crippen LogP contribution in [0.15, 0.2) is 34.9 Å². The van der Waals surface area contributed by atoms with E-state index in [4.69, 9.17) is 9.26 Å². The normalized spacial score (nSPS) is 16.1. The summed E-state index contributed by atoms with van der Waals surface area (Å²) in [7, 11) is 0. The van der Waals surface area contributed by atoms with Gasteiger partial charge in [-0.25, -0.2) is 0 Å². The van der Waals surface area contributed by atoms with Crippen LogP contribution in [0.5, 0.6) is 0 Å². The number of hydrogen-bond donors (Lipinski definition) is 1. The summed E-state index contributed by atoms with van der Waals surface area (Å²) in [6, 6.07) is 10.0. The molecule has 7 nitrogen and oxygen atoms in total. The zero-order valence-electron chi connectivity index (χ0n) is 17.5. The van der Waals surface area contributed by atoms with Crippen molar-refractivity contribution in [3.63, 3.8) is 0 Å². The van der Waals surface area contributed by atoms with Crippen molar-refractivity contribution in [1.82, 2.24) is 20.4 Å². The SMILES string of the molecule is CCC(CC)[C@H](CNC(=O)CCc1nc(-c2ccccc2)no1)N1CCOCC1. The summed E-state index contributed by atoms with van der Waals surface area (Å²) < 4.78 is 10.8. The summed E-state index contributed by atoms with van der Waals surface area (Å²) in [5, 5.41) is 7.14. The highest BCUT2D eigenvalue weighted by molar-refractivity contribution is 5.76. The summed E-state index contributed by atoms with van der Waals surface area (Å²) >= 11 is 0. The van der Waals surface area contributed by atoms with Crippen molar-refractivity contribution in [2.75, 3.05) is 32.8 Å². The Morgan fingerprint density at radius 2 is 1.90 bits per heavy atom. The average molecular weight is 401 g/mol. The maximum absolute atomic E-state index is 12.4. The fraction of sp³-hybridized carbons (Fsp3) is 0.591. The lowest BCUT2D eigenvalue weighted by molar-refractivity contribution is -0.121. The molecule has 0 bridgehead atoms. The van der Waals surface area contributed by atoms with Crippen molar-refractivity contribution >= 4 is 5.91 Å². The van der Waals surface area contributed by atoms with Gasteiger partial charge in [0.1, 0.15) is 0 Å². The average Bonchev–Trinajstić information content (AvgIpc) is 3.25. The molecule has 7 heteroatoms. The van der Waals surface area contributed by atoms with Crippen molar-refractivity contribution in [3.05, 3.63) is 36.2 Å². The van der Waals surface area contributed by atoms with Crippen LogP contribution in [0.1, 0.15) is 39.0 Å². The van der Waals surface area contributed by atoms with Crippen molar-refractivity contribution in [1.29, 1.82) is 0 Å². The molecule has 3 rings (SSSR count). The molecule has 0 radical (unpaired) electrons. The third-order valence-corrected chi connectivity index (χ3v) is 5.68. The molecule has 158 valence electrons. The van der Waals surface area contributed by atoms with Crippen LogP contribution in [-0.4, -0.2) is 59.8 Å². The largest absolute Gasteiger partial charge is 0.379 e. The van der Waals surface area contributed by atoms with Crippen LogP contribution < -0.4 is 5.32 Å². The fourth-order valence-electron chi connectivity index (χ4n) is 3.92.